The van der Waals surface area contributed by atoms with Crippen molar-refractivity contribution in [3.8, 4) is 78.7 Å². The molecule has 2 heterocycles. The van der Waals surface area contributed by atoms with Crippen LogP contribution in [0.3, 0.4) is 0 Å². The van der Waals surface area contributed by atoms with Crippen molar-refractivity contribution < 1.29 is 4.42 Å². The van der Waals surface area contributed by atoms with Gasteiger partial charge in [-0.1, -0.05) is 188 Å². The highest BCUT2D eigenvalue weighted by Crippen LogP contribution is 2.63. The van der Waals surface area contributed by atoms with Crippen LogP contribution in [0.2, 0.25) is 0 Å². The monoisotopic (exact) mass is 789 g/mol. The first-order chi connectivity index (χ1) is 30.7. The minimum Gasteiger partial charge on any atom is -0.455 e. The molecule has 0 radical (unpaired) electrons. The molecule has 0 unspecified atom stereocenters. The topological polar surface area (TPSA) is 51.8 Å². The predicted molar refractivity (Wildman–Crippen MR) is 251 cm³/mol. The number of nitrogens with zero attached hydrogens (tertiary/aromatic N) is 3. The molecule has 0 amide bonds. The minimum absolute atomic E-state index is 0.412. The Hall–Kier alpha value is -8.21. The second-order valence-corrected chi connectivity index (χ2v) is 16.3. The van der Waals surface area contributed by atoms with Gasteiger partial charge in [-0.2, -0.15) is 0 Å². The summed E-state index contributed by atoms with van der Waals surface area (Å²) in [5.74, 6) is 1.84. The van der Waals surface area contributed by atoms with Gasteiger partial charge in [0.05, 0.1) is 5.41 Å². The second-order valence-electron chi connectivity index (χ2n) is 16.3. The molecule has 0 N–H and O–H groups in total. The standard InChI is InChI=1S/C58H35N3O/c1-2-15-36(16-3-1)55-59-56(61-57(60-55)41-20-13-18-39(34-41)42-25-14-26-48-47-24-7-11-30-53(47)62-54(42)48)40-19-12-17-37(33-40)38-31-32-46-45-23-6-10-29-51(45)58(52(46)35-38)49-27-8-4-21-43(49)44-22-5-9-28-50(44)58/h1-35H. The van der Waals surface area contributed by atoms with Gasteiger partial charge >= 0.3 is 0 Å². The molecule has 0 bridgehead atoms. The maximum Gasteiger partial charge on any atom is 0.164 e. The highest BCUT2D eigenvalue weighted by Gasteiger charge is 2.51. The predicted octanol–water partition coefficient (Wildman–Crippen LogP) is 14.4. The van der Waals surface area contributed by atoms with Crippen LogP contribution >= 0.6 is 0 Å². The van der Waals surface area contributed by atoms with Crippen LogP contribution < -0.4 is 0 Å². The fraction of sp³-hybridized carbons (Fsp3) is 0.0172. The number of aromatic nitrogens is 3. The molecule has 0 saturated heterocycles. The number of benzene rings is 9. The normalized spacial score (nSPS) is 13.0. The molecule has 0 saturated carbocycles. The summed E-state index contributed by atoms with van der Waals surface area (Å²) in [4.78, 5) is 15.5. The molecule has 11 aromatic rings. The SMILES string of the molecule is c1ccc(-c2nc(-c3cccc(-c4ccc5c(c4)C4(c6ccccc6-c6ccccc64)c4ccccc4-5)c3)nc(-c3cccc(-c4cccc5c4oc4ccccc45)c3)n2)cc1. The van der Waals surface area contributed by atoms with E-state index in [0.29, 0.717) is 17.5 Å². The quantitative estimate of drug-likeness (QED) is 0.174. The molecule has 0 aliphatic heterocycles. The van der Waals surface area contributed by atoms with Gasteiger partial charge in [0.1, 0.15) is 11.2 Å². The van der Waals surface area contributed by atoms with Gasteiger partial charge in [0.2, 0.25) is 0 Å². The average Bonchev–Trinajstić information content (AvgIpc) is 3.98. The first-order valence-corrected chi connectivity index (χ1v) is 21.1. The molecule has 13 rings (SSSR count). The van der Waals surface area contributed by atoms with E-state index in [1.165, 1.54) is 44.5 Å². The first-order valence-electron chi connectivity index (χ1n) is 21.1. The van der Waals surface area contributed by atoms with Crippen molar-refractivity contribution in [2.45, 2.75) is 5.41 Å². The van der Waals surface area contributed by atoms with E-state index in [4.69, 9.17) is 19.4 Å². The molecule has 0 fully saturated rings. The average molecular weight is 790 g/mol. The van der Waals surface area contributed by atoms with E-state index in [2.05, 4.69) is 182 Å². The van der Waals surface area contributed by atoms with Crippen LogP contribution in [0.5, 0.6) is 0 Å². The molecule has 2 aliphatic carbocycles. The van der Waals surface area contributed by atoms with E-state index >= 15 is 0 Å². The summed E-state index contributed by atoms with van der Waals surface area (Å²) in [7, 11) is 0. The maximum atomic E-state index is 6.44. The van der Waals surface area contributed by atoms with Crippen LogP contribution in [0.15, 0.2) is 217 Å². The lowest BCUT2D eigenvalue weighted by Gasteiger charge is -2.30. The van der Waals surface area contributed by atoms with Crippen molar-refractivity contribution in [1.29, 1.82) is 0 Å². The smallest absolute Gasteiger partial charge is 0.164 e. The fourth-order valence-corrected chi connectivity index (χ4v) is 10.3. The van der Waals surface area contributed by atoms with E-state index in [0.717, 1.165) is 60.9 Å². The van der Waals surface area contributed by atoms with Gasteiger partial charge in [-0.05, 0) is 85.5 Å². The lowest BCUT2D eigenvalue weighted by atomic mass is 9.70. The highest BCUT2D eigenvalue weighted by molar-refractivity contribution is 6.09. The van der Waals surface area contributed by atoms with E-state index in [-0.39, 0.29) is 0 Å². The largest absolute Gasteiger partial charge is 0.455 e. The summed E-state index contributed by atoms with van der Waals surface area (Å²) in [6, 6.07) is 75.6. The third-order valence-corrected chi connectivity index (χ3v) is 13.0. The van der Waals surface area contributed by atoms with E-state index < -0.39 is 5.41 Å². The Bertz CT molecular complexity index is 3540. The summed E-state index contributed by atoms with van der Waals surface area (Å²) < 4.78 is 6.44. The zero-order chi connectivity index (χ0) is 40.8. The van der Waals surface area contributed by atoms with Gasteiger partial charge in [0.15, 0.2) is 17.5 Å². The van der Waals surface area contributed by atoms with Gasteiger partial charge in [-0.3, -0.25) is 0 Å². The Balaban J connectivity index is 0.949. The Morgan fingerprint density at radius 3 is 1.42 bits per heavy atom. The maximum absolute atomic E-state index is 6.44. The Kier molecular flexibility index (Phi) is 7.49. The van der Waals surface area contributed by atoms with Gasteiger partial charge in [0, 0.05) is 33.0 Å². The number of hydrogen-bond donors (Lipinski definition) is 0. The zero-order valence-electron chi connectivity index (χ0n) is 33.5. The molecule has 9 aromatic carbocycles. The molecule has 1 spiro atoms. The Morgan fingerprint density at radius 1 is 0.290 bits per heavy atom. The van der Waals surface area contributed by atoms with Crippen molar-refractivity contribution in [3.05, 3.63) is 235 Å². The number of furan rings is 1. The van der Waals surface area contributed by atoms with E-state index in [1.54, 1.807) is 0 Å². The molecule has 62 heavy (non-hydrogen) atoms. The summed E-state index contributed by atoms with van der Waals surface area (Å²) >= 11 is 0. The van der Waals surface area contributed by atoms with Crippen molar-refractivity contribution in [2.75, 3.05) is 0 Å². The molecule has 288 valence electrons. The first kappa shape index (κ1) is 34.6. The number of para-hydroxylation sites is 2. The lowest BCUT2D eigenvalue weighted by Crippen LogP contribution is -2.25. The Morgan fingerprint density at radius 2 is 0.742 bits per heavy atom. The van der Waals surface area contributed by atoms with Crippen molar-refractivity contribution >= 4 is 21.9 Å². The van der Waals surface area contributed by atoms with Gasteiger partial charge in [0.25, 0.3) is 0 Å². The van der Waals surface area contributed by atoms with Crippen LogP contribution in [0.25, 0.3) is 101 Å². The molecular weight excluding hydrogens is 755 g/mol. The van der Waals surface area contributed by atoms with Crippen LogP contribution in [-0.2, 0) is 5.41 Å². The fourth-order valence-electron chi connectivity index (χ4n) is 10.3. The molecule has 0 atom stereocenters. The lowest BCUT2D eigenvalue weighted by molar-refractivity contribution is 0.670. The second kappa shape index (κ2) is 13.4. The van der Waals surface area contributed by atoms with Crippen LogP contribution in [0.1, 0.15) is 22.3 Å². The Labute approximate surface area is 358 Å². The van der Waals surface area contributed by atoms with Gasteiger partial charge in [-0.25, -0.2) is 15.0 Å². The zero-order valence-corrected chi connectivity index (χ0v) is 33.5. The summed E-state index contributed by atoms with van der Waals surface area (Å²) in [6.45, 7) is 0. The summed E-state index contributed by atoms with van der Waals surface area (Å²) in [5.41, 5.74) is 18.9. The van der Waals surface area contributed by atoms with Crippen molar-refractivity contribution in [2.24, 2.45) is 0 Å². The number of hydrogen-bond acceptors (Lipinski definition) is 4. The third kappa shape index (κ3) is 5.04. The van der Waals surface area contributed by atoms with Gasteiger partial charge < -0.3 is 4.42 Å². The van der Waals surface area contributed by atoms with Crippen LogP contribution in [0.4, 0.5) is 0 Å². The van der Waals surface area contributed by atoms with Crippen molar-refractivity contribution in [3.63, 3.8) is 0 Å². The molecule has 4 heteroatoms. The van der Waals surface area contributed by atoms with E-state index in [1.807, 2.05) is 30.3 Å². The number of rotatable bonds is 5. The van der Waals surface area contributed by atoms with Gasteiger partial charge in [-0.15, -0.1) is 0 Å². The van der Waals surface area contributed by atoms with Crippen molar-refractivity contribution in [1.82, 2.24) is 15.0 Å². The number of fused-ring (bicyclic) bond motifs is 13. The van der Waals surface area contributed by atoms with Crippen LogP contribution in [-0.4, -0.2) is 15.0 Å². The molecule has 2 aromatic heterocycles. The third-order valence-electron chi connectivity index (χ3n) is 13.0. The van der Waals surface area contributed by atoms with Crippen LogP contribution in [0, 0.1) is 0 Å². The molecule has 4 nitrogen and oxygen atoms in total. The molecule has 2 aliphatic rings. The summed E-state index contributed by atoms with van der Waals surface area (Å²) in [5, 5.41) is 2.20. The molecular formula is C58H35N3O. The highest BCUT2D eigenvalue weighted by atomic mass is 16.3. The summed E-state index contributed by atoms with van der Waals surface area (Å²) in [6.07, 6.45) is 0. The van der Waals surface area contributed by atoms with E-state index in [9.17, 15) is 0 Å². The minimum atomic E-state index is -0.412.